The van der Waals surface area contributed by atoms with E-state index in [0.29, 0.717) is 19.6 Å². The molecule has 0 saturated carbocycles. The molecule has 0 aliphatic heterocycles. The molecule has 13 N–H and O–H groups in total. The van der Waals surface area contributed by atoms with E-state index in [-0.39, 0.29) is 0 Å². The molecule has 12 heteroatoms. The standard InChI is InChI=1S/C23H58N12/c24-2-1-18-34(19-15-32-12-11-31-10-9-28-6-3-25)20-16-33-17-23-35(21-13-29-7-4-26)22-14-30-8-5-27/h2,24,28-33H,1,3-23,25-27H2. The van der Waals surface area contributed by atoms with Gasteiger partial charge < -0.3 is 59.4 Å². The molecule has 0 spiro atoms. The first-order valence-corrected chi connectivity index (χ1v) is 13.6. The van der Waals surface area contributed by atoms with Crippen molar-refractivity contribution in [2.45, 2.75) is 6.42 Å². The SMILES string of the molecule is N=CCCN(CCNCCNCCNCCN)CCNCCN(CCNCCN)CCNCCN. The van der Waals surface area contributed by atoms with Crippen LogP contribution in [-0.2, 0) is 0 Å². The summed E-state index contributed by atoms with van der Waals surface area (Å²) in [6.07, 6.45) is 2.31. The van der Waals surface area contributed by atoms with Crippen LogP contribution >= 0.6 is 0 Å². The lowest BCUT2D eigenvalue weighted by Gasteiger charge is -2.24. The van der Waals surface area contributed by atoms with E-state index in [2.05, 4.69) is 41.7 Å². The van der Waals surface area contributed by atoms with Gasteiger partial charge in [0.1, 0.15) is 0 Å². The Morgan fingerprint density at radius 2 is 0.714 bits per heavy atom. The van der Waals surface area contributed by atoms with Crippen LogP contribution in [0, 0.1) is 5.41 Å². The van der Waals surface area contributed by atoms with Gasteiger partial charge in [-0.05, 0) is 12.6 Å². The van der Waals surface area contributed by atoms with Crippen molar-refractivity contribution in [3.8, 4) is 0 Å². The zero-order valence-corrected chi connectivity index (χ0v) is 22.3. The summed E-state index contributed by atoms with van der Waals surface area (Å²) in [5, 5.41) is 27.9. The topological polar surface area (TPSA) is 181 Å². The molecular formula is C23H58N12. The van der Waals surface area contributed by atoms with Gasteiger partial charge in [-0.25, -0.2) is 0 Å². The first-order chi connectivity index (χ1) is 17.3. The smallest absolute Gasteiger partial charge is 0.0108 e. The van der Waals surface area contributed by atoms with Crippen LogP contribution in [0.3, 0.4) is 0 Å². The summed E-state index contributed by atoms with van der Waals surface area (Å²) in [7, 11) is 0. The maximum atomic E-state index is 7.37. The summed E-state index contributed by atoms with van der Waals surface area (Å²) in [4.78, 5) is 4.90. The van der Waals surface area contributed by atoms with Crippen LogP contribution in [0.15, 0.2) is 0 Å². The van der Waals surface area contributed by atoms with Crippen LogP contribution in [0.4, 0.5) is 0 Å². The molecule has 0 heterocycles. The van der Waals surface area contributed by atoms with Crippen LogP contribution in [0.1, 0.15) is 6.42 Å². The average Bonchev–Trinajstić information content (AvgIpc) is 2.87. The monoisotopic (exact) mass is 502 g/mol. The van der Waals surface area contributed by atoms with Crippen molar-refractivity contribution in [1.82, 2.24) is 41.7 Å². The number of hydrogen-bond acceptors (Lipinski definition) is 12. The van der Waals surface area contributed by atoms with Crippen molar-refractivity contribution in [2.24, 2.45) is 17.2 Å². The van der Waals surface area contributed by atoms with Crippen molar-refractivity contribution in [1.29, 1.82) is 5.41 Å². The zero-order chi connectivity index (χ0) is 25.7. The Hall–Kier alpha value is -0.770. The number of hydrogen-bond donors (Lipinski definition) is 10. The Labute approximate surface area is 214 Å². The van der Waals surface area contributed by atoms with E-state index in [0.717, 1.165) is 124 Å². The predicted molar refractivity (Wildman–Crippen MR) is 151 cm³/mol. The number of rotatable bonds is 30. The van der Waals surface area contributed by atoms with E-state index in [4.69, 9.17) is 22.6 Å². The first kappa shape index (κ1) is 34.2. The number of nitrogens with zero attached hydrogens (tertiary/aromatic N) is 2. The average molecular weight is 503 g/mol. The Balaban J connectivity index is 3.98. The van der Waals surface area contributed by atoms with Crippen LogP contribution in [-0.4, -0.2) is 153 Å². The Bertz CT molecular complexity index is 404. The third kappa shape index (κ3) is 26.1. The quantitative estimate of drug-likeness (QED) is 0.0342. The first-order valence-electron chi connectivity index (χ1n) is 13.6. The summed E-state index contributed by atoms with van der Waals surface area (Å²) < 4.78 is 0. The van der Waals surface area contributed by atoms with E-state index < -0.39 is 0 Å². The second kappa shape index (κ2) is 29.5. The molecule has 0 amide bonds. The summed E-state index contributed by atoms with van der Waals surface area (Å²) in [6.45, 7) is 19.3. The molecule has 0 aromatic carbocycles. The molecule has 0 aliphatic rings. The lowest BCUT2D eigenvalue weighted by atomic mass is 10.3. The van der Waals surface area contributed by atoms with Crippen molar-refractivity contribution in [2.75, 3.05) is 137 Å². The Morgan fingerprint density at radius 3 is 1.09 bits per heavy atom. The number of nitrogens with two attached hydrogens (primary N) is 3. The molecular weight excluding hydrogens is 444 g/mol. The molecule has 35 heavy (non-hydrogen) atoms. The Morgan fingerprint density at radius 1 is 0.429 bits per heavy atom. The molecule has 0 bridgehead atoms. The van der Waals surface area contributed by atoms with Crippen LogP contribution < -0.4 is 49.1 Å². The maximum absolute atomic E-state index is 7.37. The van der Waals surface area contributed by atoms with Crippen molar-refractivity contribution < 1.29 is 0 Å². The largest absolute Gasteiger partial charge is 0.329 e. The normalized spacial score (nSPS) is 11.7. The van der Waals surface area contributed by atoms with E-state index in [9.17, 15) is 0 Å². The molecule has 12 nitrogen and oxygen atoms in total. The van der Waals surface area contributed by atoms with Gasteiger partial charge >= 0.3 is 0 Å². The van der Waals surface area contributed by atoms with Gasteiger partial charge in [0.15, 0.2) is 0 Å². The van der Waals surface area contributed by atoms with Gasteiger partial charge in [0.05, 0.1) is 0 Å². The minimum absolute atomic E-state index is 0.674. The third-order valence-electron chi connectivity index (χ3n) is 5.53. The summed E-state index contributed by atoms with van der Waals surface area (Å²) in [6, 6.07) is 0. The molecule has 0 aromatic heterocycles. The highest BCUT2D eigenvalue weighted by molar-refractivity contribution is 5.52. The number of nitrogens with one attached hydrogen (secondary N) is 7. The van der Waals surface area contributed by atoms with Gasteiger partial charge in [-0.1, -0.05) is 0 Å². The second-order valence-electron chi connectivity index (χ2n) is 8.54. The molecule has 0 fully saturated rings. The van der Waals surface area contributed by atoms with Gasteiger partial charge in [-0.3, -0.25) is 4.90 Å². The summed E-state index contributed by atoms with van der Waals surface area (Å²) in [5.74, 6) is 0. The van der Waals surface area contributed by atoms with E-state index >= 15 is 0 Å². The molecule has 0 unspecified atom stereocenters. The lowest BCUT2D eigenvalue weighted by molar-refractivity contribution is 0.259. The summed E-state index contributed by atoms with van der Waals surface area (Å²) >= 11 is 0. The molecule has 0 atom stereocenters. The van der Waals surface area contributed by atoms with Crippen molar-refractivity contribution >= 4 is 6.21 Å². The van der Waals surface area contributed by atoms with E-state index in [1.807, 2.05) is 0 Å². The molecule has 210 valence electrons. The van der Waals surface area contributed by atoms with E-state index in [1.54, 1.807) is 0 Å². The fourth-order valence-corrected chi connectivity index (χ4v) is 3.51. The summed E-state index contributed by atoms with van der Waals surface area (Å²) in [5.41, 5.74) is 16.6. The zero-order valence-electron chi connectivity index (χ0n) is 22.3. The van der Waals surface area contributed by atoms with Crippen molar-refractivity contribution in [3.05, 3.63) is 0 Å². The fraction of sp³-hybridized carbons (Fsp3) is 0.957. The highest BCUT2D eigenvalue weighted by Gasteiger charge is 2.06. The highest BCUT2D eigenvalue weighted by atomic mass is 15.2. The van der Waals surface area contributed by atoms with Crippen LogP contribution in [0.2, 0.25) is 0 Å². The van der Waals surface area contributed by atoms with Crippen LogP contribution in [0.5, 0.6) is 0 Å². The van der Waals surface area contributed by atoms with Crippen molar-refractivity contribution in [3.63, 3.8) is 0 Å². The van der Waals surface area contributed by atoms with Gasteiger partial charge in [-0.15, -0.1) is 0 Å². The van der Waals surface area contributed by atoms with E-state index in [1.165, 1.54) is 6.21 Å². The maximum Gasteiger partial charge on any atom is 0.0108 e. The molecule has 0 radical (unpaired) electrons. The fourth-order valence-electron chi connectivity index (χ4n) is 3.51. The predicted octanol–water partition coefficient (Wildman–Crippen LogP) is -3.96. The minimum Gasteiger partial charge on any atom is -0.329 e. The van der Waals surface area contributed by atoms with Gasteiger partial charge in [0.25, 0.3) is 0 Å². The molecule has 0 aromatic rings. The lowest BCUT2D eigenvalue weighted by Crippen LogP contribution is -2.43. The third-order valence-corrected chi connectivity index (χ3v) is 5.53. The van der Waals surface area contributed by atoms with Gasteiger partial charge in [0, 0.05) is 137 Å². The minimum atomic E-state index is 0.674. The highest BCUT2D eigenvalue weighted by Crippen LogP contribution is 1.90. The molecule has 0 rings (SSSR count). The molecule has 0 saturated heterocycles. The van der Waals surface area contributed by atoms with Gasteiger partial charge in [-0.2, -0.15) is 0 Å². The van der Waals surface area contributed by atoms with Gasteiger partial charge in [0.2, 0.25) is 0 Å². The second-order valence-corrected chi connectivity index (χ2v) is 8.54. The molecule has 0 aliphatic carbocycles. The van der Waals surface area contributed by atoms with Crippen LogP contribution in [0.25, 0.3) is 0 Å². The Kier molecular flexibility index (Phi) is 28.8.